The van der Waals surface area contributed by atoms with Crippen molar-refractivity contribution in [1.29, 1.82) is 0 Å². The Morgan fingerprint density at radius 1 is 1.54 bits per heavy atom. The van der Waals surface area contributed by atoms with Crippen molar-refractivity contribution < 1.29 is 18.0 Å². The van der Waals surface area contributed by atoms with Gasteiger partial charge in [-0.15, -0.1) is 0 Å². The van der Waals surface area contributed by atoms with Crippen molar-refractivity contribution in [3.8, 4) is 0 Å². The number of aldehydes is 1. The van der Waals surface area contributed by atoms with Crippen LogP contribution >= 0.6 is 22.6 Å². The van der Waals surface area contributed by atoms with Crippen LogP contribution in [0.5, 0.6) is 0 Å². The lowest BCUT2D eigenvalue weighted by Crippen LogP contribution is -2.02. The molecule has 0 atom stereocenters. The van der Waals surface area contributed by atoms with Crippen LogP contribution in [0.2, 0.25) is 0 Å². The molecule has 0 aliphatic carbocycles. The average molecular weight is 301 g/mol. The van der Waals surface area contributed by atoms with E-state index < -0.39 is 17.9 Å². The molecule has 1 aromatic heterocycles. The molecule has 0 amide bonds. The molecule has 6 heteroatoms. The second-order valence-corrected chi connectivity index (χ2v) is 3.31. The molecule has 1 rings (SSSR count). The maximum atomic E-state index is 12.9. The van der Waals surface area contributed by atoms with Crippen molar-refractivity contribution in [1.82, 2.24) is 4.98 Å². The zero-order valence-corrected chi connectivity index (χ0v) is 8.26. The summed E-state index contributed by atoms with van der Waals surface area (Å²) in [7, 11) is 0. The van der Waals surface area contributed by atoms with Crippen molar-refractivity contribution >= 4 is 28.9 Å². The Kier molecular flexibility index (Phi) is 3.23. The monoisotopic (exact) mass is 301 g/mol. The van der Waals surface area contributed by atoms with E-state index in [1.54, 1.807) is 0 Å². The normalized spacial score (nSPS) is 10.5. The number of rotatable bonds is 2. The van der Waals surface area contributed by atoms with E-state index in [0.29, 0.717) is 6.29 Å². The van der Waals surface area contributed by atoms with E-state index in [1.165, 1.54) is 22.6 Å². The number of aromatic nitrogens is 1. The van der Waals surface area contributed by atoms with Gasteiger partial charge in [0.1, 0.15) is 11.4 Å². The van der Waals surface area contributed by atoms with Crippen molar-refractivity contribution in [2.45, 2.75) is 6.43 Å². The zero-order chi connectivity index (χ0) is 10.0. The van der Waals surface area contributed by atoms with E-state index in [4.69, 9.17) is 0 Å². The highest BCUT2D eigenvalue weighted by atomic mass is 127. The molecule has 0 aliphatic heterocycles. The summed E-state index contributed by atoms with van der Waals surface area (Å²) in [5.41, 5.74) is -1.17. The number of nitrogens with zero attached hydrogens (tertiary/aromatic N) is 1. The molecule has 1 aromatic rings. The number of halogens is 4. The van der Waals surface area contributed by atoms with Crippen LogP contribution in [0.15, 0.2) is 6.07 Å². The third-order valence-electron chi connectivity index (χ3n) is 1.29. The zero-order valence-electron chi connectivity index (χ0n) is 6.10. The molecule has 2 nitrogen and oxygen atoms in total. The Hall–Kier alpha value is -0.660. The topological polar surface area (TPSA) is 30.0 Å². The number of carbonyl (C=O) groups excluding carboxylic acids is 1. The summed E-state index contributed by atoms with van der Waals surface area (Å²) in [5.74, 6) is -1.07. The van der Waals surface area contributed by atoms with Gasteiger partial charge in [0, 0.05) is 0 Å². The molecule has 13 heavy (non-hydrogen) atoms. The fourth-order valence-electron chi connectivity index (χ4n) is 0.741. The van der Waals surface area contributed by atoms with Gasteiger partial charge in [-0.2, -0.15) is 0 Å². The van der Waals surface area contributed by atoms with Crippen LogP contribution in [0.3, 0.4) is 0 Å². The second kappa shape index (κ2) is 4.03. The van der Waals surface area contributed by atoms with E-state index in [0.717, 1.165) is 6.07 Å². The average Bonchev–Trinajstić information content (AvgIpc) is 2.09. The number of hydrogen-bond donors (Lipinski definition) is 0. The molecule has 0 radical (unpaired) electrons. The first-order valence-electron chi connectivity index (χ1n) is 3.15. The van der Waals surface area contributed by atoms with Crippen LogP contribution in [0, 0.1) is 9.39 Å². The lowest BCUT2D eigenvalue weighted by molar-refractivity contribution is 0.111. The maximum absolute atomic E-state index is 12.9. The first-order valence-corrected chi connectivity index (χ1v) is 4.23. The van der Waals surface area contributed by atoms with E-state index in [9.17, 15) is 18.0 Å². The predicted molar refractivity (Wildman–Crippen MR) is 47.3 cm³/mol. The minimum absolute atomic E-state index is 0.0370. The number of pyridine rings is 1. The van der Waals surface area contributed by atoms with Crippen molar-refractivity contribution in [3.05, 3.63) is 26.8 Å². The van der Waals surface area contributed by atoms with Gasteiger partial charge in [0.25, 0.3) is 6.43 Å². The van der Waals surface area contributed by atoms with Gasteiger partial charge in [-0.1, -0.05) is 0 Å². The van der Waals surface area contributed by atoms with Crippen molar-refractivity contribution in [2.24, 2.45) is 0 Å². The number of carbonyl (C=O) groups is 1. The summed E-state index contributed by atoms with van der Waals surface area (Å²) in [5, 5.41) is 0. The Morgan fingerprint density at radius 2 is 2.15 bits per heavy atom. The molecule has 0 fully saturated rings. The minimum atomic E-state index is -3.01. The quantitative estimate of drug-likeness (QED) is 0.621. The summed E-state index contributed by atoms with van der Waals surface area (Å²) in [6.45, 7) is 0. The van der Waals surface area contributed by atoms with Gasteiger partial charge in [-0.05, 0) is 28.7 Å². The number of hydrogen-bond acceptors (Lipinski definition) is 2. The highest BCUT2D eigenvalue weighted by Gasteiger charge is 2.18. The summed E-state index contributed by atoms with van der Waals surface area (Å²) in [6, 6.07) is 1.11. The molecule has 0 saturated carbocycles. The summed E-state index contributed by atoms with van der Waals surface area (Å²) < 4.78 is 37.1. The SMILES string of the molecule is O=Cc1cc(I)c(F)c(C(F)F)n1. The maximum Gasteiger partial charge on any atom is 0.283 e. The van der Waals surface area contributed by atoms with Crippen LogP contribution in [0.25, 0.3) is 0 Å². The first-order chi connectivity index (χ1) is 6.06. The largest absolute Gasteiger partial charge is 0.296 e. The van der Waals surface area contributed by atoms with Crippen LogP contribution in [0.1, 0.15) is 22.6 Å². The Balaban J connectivity index is 3.32. The molecule has 0 spiro atoms. The van der Waals surface area contributed by atoms with Gasteiger partial charge in [0.15, 0.2) is 12.1 Å². The van der Waals surface area contributed by atoms with Gasteiger partial charge in [0.2, 0.25) is 0 Å². The lowest BCUT2D eigenvalue weighted by atomic mass is 10.3. The first kappa shape index (κ1) is 10.4. The molecule has 0 aromatic carbocycles. The van der Waals surface area contributed by atoms with Gasteiger partial charge in [-0.25, -0.2) is 18.2 Å². The molecule has 0 saturated heterocycles. The van der Waals surface area contributed by atoms with Crippen molar-refractivity contribution in [3.63, 3.8) is 0 Å². The summed E-state index contributed by atoms with van der Waals surface area (Å²) >= 11 is 1.53. The Labute approximate surface area is 85.3 Å². The van der Waals surface area contributed by atoms with E-state index >= 15 is 0 Å². The summed E-state index contributed by atoms with van der Waals surface area (Å²) in [6.07, 6.45) is -2.71. The van der Waals surface area contributed by atoms with Crippen LogP contribution < -0.4 is 0 Å². The predicted octanol–water partition coefficient (Wildman–Crippen LogP) is 2.58. The second-order valence-electron chi connectivity index (χ2n) is 2.15. The van der Waals surface area contributed by atoms with Gasteiger partial charge in [0.05, 0.1) is 3.57 Å². The minimum Gasteiger partial charge on any atom is -0.296 e. The molecule has 0 aliphatic rings. The third kappa shape index (κ3) is 2.17. The fraction of sp³-hybridized carbons (Fsp3) is 0.143. The van der Waals surface area contributed by atoms with Crippen LogP contribution in [-0.2, 0) is 0 Å². The molecule has 0 unspecified atom stereocenters. The van der Waals surface area contributed by atoms with Gasteiger partial charge >= 0.3 is 0 Å². The van der Waals surface area contributed by atoms with Gasteiger partial charge < -0.3 is 0 Å². The molecular weight excluding hydrogens is 298 g/mol. The fourth-order valence-corrected chi connectivity index (χ4v) is 1.34. The molecule has 0 bridgehead atoms. The van der Waals surface area contributed by atoms with E-state index in [1.807, 2.05) is 0 Å². The molecule has 1 heterocycles. The van der Waals surface area contributed by atoms with Crippen LogP contribution in [0.4, 0.5) is 13.2 Å². The standard InChI is InChI=1S/C7H3F3INO/c8-5-4(11)1-3(2-13)12-6(5)7(9)10/h1-2,7H. The molecule has 0 N–H and O–H groups in total. The summed E-state index contributed by atoms with van der Waals surface area (Å²) in [4.78, 5) is 13.4. The third-order valence-corrected chi connectivity index (χ3v) is 2.07. The molecular formula is C7H3F3INO. The van der Waals surface area contributed by atoms with Gasteiger partial charge in [-0.3, -0.25) is 4.79 Å². The Bertz CT molecular complexity index is 343. The highest BCUT2D eigenvalue weighted by molar-refractivity contribution is 14.1. The highest BCUT2D eigenvalue weighted by Crippen LogP contribution is 2.23. The number of alkyl halides is 2. The lowest BCUT2D eigenvalue weighted by Gasteiger charge is -2.03. The smallest absolute Gasteiger partial charge is 0.283 e. The van der Waals surface area contributed by atoms with Crippen molar-refractivity contribution in [2.75, 3.05) is 0 Å². The van der Waals surface area contributed by atoms with E-state index in [2.05, 4.69) is 4.98 Å². The molecule has 70 valence electrons. The van der Waals surface area contributed by atoms with E-state index in [-0.39, 0.29) is 9.26 Å². The Morgan fingerprint density at radius 3 is 2.62 bits per heavy atom. The van der Waals surface area contributed by atoms with Crippen LogP contribution in [-0.4, -0.2) is 11.3 Å².